The summed E-state index contributed by atoms with van der Waals surface area (Å²) < 4.78 is 0.516. The van der Waals surface area contributed by atoms with Gasteiger partial charge in [-0.15, -0.1) is 0 Å². The zero-order valence-electron chi connectivity index (χ0n) is 10.1. The van der Waals surface area contributed by atoms with Gasteiger partial charge in [-0.25, -0.2) is 0 Å². The van der Waals surface area contributed by atoms with Crippen molar-refractivity contribution in [2.24, 2.45) is 0 Å². The van der Waals surface area contributed by atoms with E-state index in [1.807, 2.05) is 6.92 Å². The predicted molar refractivity (Wildman–Crippen MR) is 76.6 cm³/mol. The van der Waals surface area contributed by atoms with Crippen molar-refractivity contribution in [1.82, 2.24) is 0 Å². The fraction of sp³-hybridized carbons (Fsp3) is 0.0714. The minimum absolute atomic E-state index is 0.00897. The van der Waals surface area contributed by atoms with Gasteiger partial charge in [-0.3, -0.25) is 4.79 Å². The molecule has 5 heteroatoms. The quantitative estimate of drug-likeness (QED) is 0.742. The first-order valence-corrected chi connectivity index (χ1v) is 6.36. The molecule has 0 heterocycles. The van der Waals surface area contributed by atoms with E-state index in [0.29, 0.717) is 15.7 Å². The highest BCUT2D eigenvalue weighted by Gasteiger charge is 2.10. The van der Waals surface area contributed by atoms with Crippen LogP contribution in [0.1, 0.15) is 15.9 Å². The Labute approximate surface area is 118 Å². The van der Waals surface area contributed by atoms with E-state index in [-0.39, 0.29) is 11.5 Å². The van der Waals surface area contributed by atoms with E-state index in [0.717, 1.165) is 5.56 Å². The highest BCUT2D eigenvalue weighted by molar-refractivity contribution is 9.10. The summed E-state index contributed by atoms with van der Waals surface area (Å²) in [5.74, 6) is -0.405. The van der Waals surface area contributed by atoms with E-state index in [1.54, 1.807) is 30.3 Å². The van der Waals surface area contributed by atoms with Crippen molar-refractivity contribution >= 4 is 27.5 Å². The van der Waals surface area contributed by atoms with Gasteiger partial charge in [0.25, 0.3) is 5.91 Å². The first-order valence-electron chi connectivity index (χ1n) is 5.57. The van der Waals surface area contributed by atoms with Crippen molar-refractivity contribution in [3.63, 3.8) is 0 Å². The van der Waals surface area contributed by atoms with Crippen LogP contribution in [0.2, 0.25) is 0 Å². The first kappa shape index (κ1) is 13.4. The van der Waals surface area contributed by atoms with E-state index in [9.17, 15) is 15.0 Å². The van der Waals surface area contributed by atoms with Gasteiger partial charge in [-0.2, -0.15) is 0 Å². The van der Waals surface area contributed by atoms with E-state index in [4.69, 9.17) is 0 Å². The highest BCUT2D eigenvalue weighted by atomic mass is 79.9. The van der Waals surface area contributed by atoms with Crippen LogP contribution in [0.25, 0.3) is 0 Å². The Morgan fingerprint density at radius 1 is 1.11 bits per heavy atom. The average Bonchev–Trinajstić information content (AvgIpc) is 2.36. The van der Waals surface area contributed by atoms with Crippen molar-refractivity contribution < 1.29 is 15.0 Å². The normalized spacial score (nSPS) is 10.2. The number of anilines is 1. The van der Waals surface area contributed by atoms with Gasteiger partial charge < -0.3 is 15.5 Å². The van der Waals surface area contributed by atoms with Gasteiger partial charge in [0.1, 0.15) is 11.5 Å². The summed E-state index contributed by atoms with van der Waals surface area (Å²) in [6.07, 6.45) is 0. The predicted octanol–water partition coefficient (Wildman–Crippen LogP) is 3.42. The summed E-state index contributed by atoms with van der Waals surface area (Å²) in [6.45, 7) is 1.85. The third-order valence-electron chi connectivity index (χ3n) is 2.61. The van der Waals surface area contributed by atoms with Crippen LogP contribution in [0.5, 0.6) is 11.5 Å². The molecule has 2 aromatic rings. The number of benzene rings is 2. The lowest BCUT2D eigenvalue weighted by molar-refractivity contribution is 0.102. The molecule has 98 valence electrons. The number of amides is 1. The SMILES string of the molecule is Cc1ccc(NC(=O)c2ccc(Br)c(O)c2)c(O)c1. The number of phenols is 2. The number of aromatic hydroxyl groups is 2. The molecule has 2 aromatic carbocycles. The van der Waals surface area contributed by atoms with Crippen LogP contribution in [-0.2, 0) is 0 Å². The minimum Gasteiger partial charge on any atom is -0.507 e. The maximum absolute atomic E-state index is 12.0. The molecule has 0 fully saturated rings. The molecular weight excluding hydrogens is 310 g/mol. The topological polar surface area (TPSA) is 69.6 Å². The molecule has 0 atom stereocenters. The Hall–Kier alpha value is -2.01. The lowest BCUT2D eigenvalue weighted by Crippen LogP contribution is -2.11. The summed E-state index contributed by atoms with van der Waals surface area (Å²) in [6, 6.07) is 9.48. The molecule has 0 aliphatic rings. The van der Waals surface area contributed by atoms with E-state index in [1.165, 1.54) is 6.07 Å². The molecule has 0 saturated heterocycles. The lowest BCUT2D eigenvalue weighted by Gasteiger charge is -2.08. The van der Waals surface area contributed by atoms with Crippen molar-refractivity contribution in [1.29, 1.82) is 0 Å². The zero-order chi connectivity index (χ0) is 14.0. The number of carbonyl (C=O) groups excluding carboxylic acids is 1. The second-order valence-corrected chi connectivity index (χ2v) is 5.00. The van der Waals surface area contributed by atoms with Crippen LogP contribution in [0.4, 0.5) is 5.69 Å². The smallest absolute Gasteiger partial charge is 0.255 e. The Morgan fingerprint density at radius 2 is 1.84 bits per heavy atom. The minimum atomic E-state index is -0.401. The first-order chi connectivity index (χ1) is 8.97. The molecule has 0 saturated carbocycles. The maximum atomic E-state index is 12.0. The van der Waals surface area contributed by atoms with Crippen molar-refractivity contribution in [3.8, 4) is 11.5 Å². The van der Waals surface area contributed by atoms with Crippen LogP contribution in [-0.4, -0.2) is 16.1 Å². The van der Waals surface area contributed by atoms with E-state index < -0.39 is 5.91 Å². The van der Waals surface area contributed by atoms with Crippen molar-refractivity contribution in [2.75, 3.05) is 5.32 Å². The maximum Gasteiger partial charge on any atom is 0.255 e. The van der Waals surface area contributed by atoms with E-state index >= 15 is 0 Å². The molecule has 0 aliphatic carbocycles. The summed E-state index contributed by atoms with van der Waals surface area (Å²) in [5.41, 5.74) is 1.54. The fourth-order valence-corrected chi connectivity index (χ4v) is 1.84. The molecule has 19 heavy (non-hydrogen) atoms. The Bertz CT molecular complexity index is 641. The van der Waals surface area contributed by atoms with Gasteiger partial charge in [0.2, 0.25) is 0 Å². The number of phenolic OH excluding ortho intramolecular Hbond substituents is 2. The van der Waals surface area contributed by atoms with Crippen LogP contribution in [0.3, 0.4) is 0 Å². The number of hydrogen-bond acceptors (Lipinski definition) is 3. The van der Waals surface area contributed by atoms with Gasteiger partial charge >= 0.3 is 0 Å². The molecule has 0 aliphatic heterocycles. The van der Waals surface area contributed by atoms with E-state index in [2.05, 4.69) is 21.2 Å². The molecule has 0 unspecified atom stereocenters. The Kier molecular flexibility index (Phi) is 3.76. The molecule has 2 rings (SSSR count). The van der Waals surface area contributed by atoms with Gasteiger partial charge in [0, 0.05) is 5.56 Å². The van der Waals surface area contributed by atoms with Gasteiger partial charge in [0.15, 0.2) is 0 Å². The summed E-state index contributed by atoms with van der Waals surface area (Å²) >= 11 is 3.14. The monoisotopic (exact) mass is 321 g/mol. The lowest BCUT2D eigenvalue weighted by atomic mass is 10.1. The molecule has 1 amide bonds. The van der Waals surface area contributed by atoms with Crippen LogP contribution in [0.15, 0.2) is 40.9 Å². The average molecular weight is 322 g/mol. The fourth-order valence-electron chi connectivity index (χ4n) is 1.60. The number of hydrogen-bond donors (Lipinski definition) is 3. The highest BCUT2D eigenvalue weighted by Crippen LogP contribution is 2.27. The molecule has 3 N–H and O–H groups in total. The Morgan fingerprint density at radius 3 is 2.47 bits per heavy atom. The molecule has 0 aromatic heterocycles. The van der Waals surface area contributed by atoms with Crippen LogP contribution < -0.4 is 5.32 Å². The second-order valence-electron chi connectivity index (χ2n) is 4.14. The van der Waals surface area contributed by atoms with Crippen LogP contribution in [0, 0.1) is 6.92 Å². The second kappa shape index (κ2) is 5.32. The van der Waals surface area contributed by atoms with Crippen molar-refractivity contribution in [3.05, 3.63) is 52.0 Å². The standard InChI is InChI=1S/C14H12BrNO3/c1-8-2-5-11(13(18)6-8)16-14(19)9-3-4-10(15)12(17)7-9/h2-7,17-18H,1H3,(H,16,19). The summed E-state index contributed by atoms with van der Waals surface area (Å²) in [5, 5.41) is 21.8. The molecule has 0 bridgehead atoms. The number of carbonyl (C=O) groups is 1. The third kappa shape index (κ3) is 3.06. The number of aryl methyl sites for hydroxylation is 1. The summed E-state index contributed by atoms with van der Waals surface area (Å²) in [4.78, 5) is 12.0. The molecule has 0 radical (unpaired) electrons. The number of halogens is 1. The number of rotatable bonds is 2. The van der Waals surface area contributed by atoms with Crippen molar-refractivity contribution in [2.45, 2.75) is 6.92 Å². The van der Waals surface area contributed by atoms with Crippen LogP contribution >= 0.6 is 15.9 Å². The third-order valence-corrected chi connectivity index (χ3v) is 3.28. The molecule has 4 nitrogen and oxygen atoms in total. The van der Waals surface area contributed by atoms with Gasteiger partial charge in [-0.1, -0.05) is 6.07 Å². The van der Waals surface area contributed by atoms with Gasteiger partial charge in [0.05, 0.1) is 10.2 Å². The number of nitrogens with one attached hydrogen (secondary N) is 1. The Balaban J connectivity index is 2.23. The molecule has 0 spiro atoms. The van der Waals surface area contributed by atoms with Gasteiger partial charge in [-0.05, 0) is 58.7 Å². The largest absolute Gasteiger partial charge is 0.507 e. The molecular formula is C14H12BrNO3. The zero-order valence-corrected chi connectivity index (χ0v) is 11.7. The summed E-state index contributed by atoms with van der Waals surface area (Å²) in [7, 11) is 0.